The van der Waals surface area contributed by atoms with Gasteiger partial charge in [0.05, 0.1) is 0 Å². The summed E-state index contributed by atoms with van der Waals surface area (Å²) >= 11 is 0. The Hall–Kier alpha value is -1.06. The van der Waals surface area contributed by atoms with Crippen molar-refractivity contribution in [1.82, 2.24) is 0 Å². The summed E-state index contributed by atoms with van der Waals surface area (Å²) in [7, 11) is 0. The van der Waals surface area contributed by atoms with E-state index in [9.17, 15) is 9.59 Å². The number of rotatable bonds is 28. The average molecular weight is 497 g/mol. The molecule has 0 fully saturated rings. The zero-order valence-electron chi connectivity index (χ0n) is 23.6. The predicted octanol–water partition coefficient (Wildman–Crippen LogP) is 10.2. The number of aliphatic carboxylic acids is 1. The van der Waals surface area contributed by atoms with Gasteiger partial charge in [-0.2, -0.15) is 0 Å². The fourth-order valence-electron chi connectivity index (χ4n) is 4.77. The average Bonchev–Trinajstić information content (AvgIpc) is 2.83. The predicted molar refractivity (Wildman–Crippen MR) is 149 cm³/mol. The van der Waals surface area contributed by atoms with Crippen LogP contribution in [-0.2, 0) is 14.3 Å². The standard InChI is InChI=1S/C31H60O4/c1-3-5-7-9-11-13-15-17-19-21-25-29(26-23-24-27-30(32)33)35-31(34)28-22-20-18-16-14-12-10-8-6-4-2/h29H,3-28H2,1-2H3,(H,32,33). The molecular formula is C31H60O4. The monoisotopic (exact) mass is 496 g/mol. The smallest absolute Gasteiger partial charge is 0.306 e. The maximum Gasteiger partial charge on any atom is 0.306 e. The molecule has 0 radical (unpaired) electrons. The van der Waals surface area contributed by atoms with Crippen LogP contribution in [-0.4, -0.2) is 23.1 Å². The second kappa shape index (κ2) is 27.5. The van der Waals surface area contributed by atoms with Gasteiger partial charge in [-0.3, -0.25) is 9.59 Å². The Morgan fingerprint density at radius 3 is 1.29 bits per heavy atom. The molecule has 0 aromatic carbocycles. The van der Waals surface area contributed by atoms with Crippen LogP contribution in [0.4, 0.5) is 0 Å². The molecule has 0 saturated carbocycles. The molecule has 0 heterocycles. The van der Waals surface area contributed by atoms with Gasteiger partial charge in [0.25, 0.3) is 0 Å². The van der Waals surface area contributed by atoms with Crippen LogP contribution >= 0.6 is 0 Å². The molecule has 0 aliphatic rings. The lowest BCUT2D eigenvalue weighted by molar-refractivity contribution is -0.150. The highest BCUT2D eigenvalue weighted by atomic mass is 16.5. The number of carbonyl (C=O) groups is 2. The van der Waals surface area contributed by atoms with Crippen molar-refractivity contribution < 1.29 is 19.4 Å². The van der Waals surface area contributed by atoms with Crippen LogP contribution < -0.4 is 0 Å². The van der Waals surface area contributed by atoms with Crippen LogP contribution in [0.2, 0.25) is 0 Å². The van der Waals surface area contributed by atoms with Gasteiger partial charge in [0.15, 0.2) is 0 Å². The molecule has 1 N–H and O–H groups in total. The summed E-state index contributed by atoms with van der Waals surface area (Å²) in [5, 5.41) is 8.87. The lowest BCUT2D eigenvalue weighted by Gasteiger charge is -2.18. The van der Waals surface area contributed by atoms with Crippen molar-refractivity contribution in [3.05, 3.63) is 0 Å². The lowest BCUT2D eigenvalue weighted by atomic mass is 10.0. The molecule has 1 atom stereocenters. The van der Waals surface area contributed by atoms with E-state index in [-0.39, 0.29) is 18.5 Å². The number of carboxylic acids is 1. The van der Waals surface area contributed by atoms with Gasteiger partial charge in [-0.25, -0.2) is 0 Å². The Morgan fingerprint density at radius 2 is 0.857 bits per heavy atom. The summed E-state index contributed by atoms with van der Waals surface area (Å²) in [6.45, 7) is 4.51. The van der Waals surface area contributed by atoms with E-state index in [1.54, 1.807) is 0 Å². The number of carbonyl (C=O) groups excluding carboxylic acids is 1. The maximum absolute atomic E-state index is 12.4. The zero-order chi connectivity index (χ0) is 25.8. The van der Waals surface area contributed by atoms with Crippen LogP contribution in [0.15, 0.2) is 0 Å². The van der Waals surface area contributed by atoms with Crippen molar-refractivity contribution in [3.8, 4) is 0 Å². The Bertz CT molecular complexity index is 463. The molecule has 1 unspecified atom stereocenters. The van der Waals surface area contributed by atoms with Crippen molar-refractivity contribution >= 4 is 11.9 Å². The summed E-state index contributed by atoms with van der Waals surface area (Å²) in [5.74, 6) is -0.797. The van der Waals surface area contributed by atoms with E-state index in [2.05, 4.69) is 13.8 Å². The molecule has 0 aromatic rings. The molecule has 0 aliphatic heterocycles. The van der Waals surface area contributed by atoms with Gasteiger partial charge in [0.2, 0.25) is 0 Å². The van der Waals surface area contributed by atoms with Crippen LogP contribution in [0.3, 0.4) is 0 Å². The van der Waals surface area contributed by atoms with E-state index in [1.165, 1.54) is 109 Å². The molecule has 0 bridgehead atoms. The zero-order valence-corrected chi connectivity index (χ0v) is 23.6. The second-order valence-electron chi connectivity index (χ2n) is 10.7. The van der Waals surface area contributed by atoms with Crippen molar-refractivity contribution in [2.45, 2.75) is 187 Å². The molecule has 35 heavy (non-hydrogen) atoms. The summed E-state index contributed by atoms with van der Waals surface area (Å²) in [6, 6.07) is 0. The minimum absolute atomic E-state index is 0.0338. The summed E-state index contributed by atoms with van der Waals surface area (Å²) < 4.78 is 5.84. The van der Waals surface area contributed by atoms with Crippen LogP contribution in [0.25, 0.3) is 0 Å². The van der Waals surface area contributed by atoms with Gasteiger partial charge in [-0.05, 0) is 38.5 Å². The quantitative estimate of drug-likeness (QED) is 0.0864. The van der Waals surface area contributed by atoms with Crippen molar-refractivity contribution in [2.24, 2.45) is 0 Å². The first-order chi connectivity index (χ1) is 17.1. The van der Waals surface area contributed by atoms with Gasteiger partial charge in [0, 0.05) is 12.8 Å². The van der Waals surface area contributed by atoms with E-state index < -0.39 is 5.97 Å². The maximum atomic E-state index is 12.4. The number of carboxylic acid groups (broad SMARTS) is 1. The molecule has 0 rings (SSSR count). The van der Waals surface area contributed by atoms with Gasteiger partial charge in [-0.1, -0.05) is 129 Å². The number of unbranched alkanes of at least 4 members (excludes halogenated alkanes) is 19. The number of ether oxygens (including phenoxy) is 1. The third kappa shape index (κ3) is 27.4. The van der Waals surface area contributed by atoms with E-state index in [1.807, 2.05) is 0 Å². The molecule has 0 saturated heterocycles. The molecule has 208 valence electrons. The van der Waals surface area contributed by atoms with Crippen LogP contribution in [0, 0.1) is 0 Å². The van der Waals surface area contributed by atoms with Crippen molar-refractivity contribution in [3.63, 3.8) is 0 Å². The van der Waals surface area contributed by atoms with Gasteiger partial charge < -0.3 is 9.84 Å². The highest BCUT2D eigenvalue weighted by Gasteiger charge is 2.14. The highest BCUT2D eigenvalue weighted by molar-refractivity contribution is 5.69. The van der Waals surface area contributed by atoms with Gasteiger partial charge in [0.1, 0.15) is 6.10 Å². The molecule has 4 heteroatoms. The first-order valence-corrected chi connectivity index (χ1v) is 15.5. The molecule has 4 nitrogen and oxygen atoms in total. The molecule has 0 spiro atoms. The normalized spacial score (nSPS) is 12.1. The van der Waals surface area contributed by atoms with E-state index in [0.29, 0.717) is 12.8 Å². The lowest BCUT2D eigenvalue weighted by Crippen LogP contribution is -2.18. The third-order valence-corrected chi connectivity index (χ3v) is 7.08. The fourth-order valence-corrected chi connectivity index (χ4v) is 4.77. The van der Waals surface area contributed by atoms with Crippen LogP contribution in [0.1, 0.15) is 181 Å². The summed E-state index contributed by atoms with van der Waals surface area (Å²) in [4.78, 5) is 23.2. The minimum Gasteiger partial charge on any atom is -0.481 e. The summed E-state index contributed by atoms with van der Waals surface area (Å²) in [6.07, 6.45) is 29.6. The second-order valence-corrected chi connectivity index (χ2v) is 10.7. The van der Waals surface area contributed by atoms with Gasteiger partial charge >= 0.3 is 11.9 Å². The topological polar surface area (TPSA) is 63.6 Å². The Balaban J connectivity index is 3.94. The molecule has 0 amide bonds. The van der Waals surface area contributed by atoms with Gasteiger partial charge in [-0.15, -0.1) is 0 Å². The number of hydrogen-bond donors (Lipinski definition) is 1. The van der Waals surface area contributed by atoms with E-state index in [4.69, 9.17) is 9.84 Å². The van der Waals surface area contributed by atoms with Crippen molar-refractivity contribution in [2.75, 3.05) is 0 Å². The highest BCUT2D eigenvalue weighted by Crippen LogP contribution is 2.18. The molecule has 0 aliphatic carbocycles. The molecule has 0 aromatic heterocycles. The summed E-state index contributed by atoms with van der Waals surface area (Å²) in [5.41, 5.74) is 0. The number of hydrogen-bond acceptors (Lipinski definition) is 3. The molecular weight excluding hydrogens is 436 g/mol. The Morgan fingerprint density at radius 1 is 0.514 bits per heavy atom. The van der Waals surface area contributed by atoms with Crippen LogP contribution in [0.5, 0.6) is 0 Å². The van der Waals surface area contributed by atoms with E-state index in [0.717, 1.165) is 38.5 Å². The third-order valence-electron chi connectivity index (χ3n) is 7.08. The fraction of sp³-hybridized carbons (Fsp3) is 0.935. The SMILES string of the molecule is CCCCCCCCCCCCC(=O)OC(CCCCCCCCCCCC)CCCCC(=O)O. The Labute approximate surface area is 218 Å². The first-order valence-electron chi connectivity index (χ1n) is 15.5. The number of esters is 1. The largest absolute Gasteiger partial charge is 0.481 e. The van der Waals surface area contributed by atoms with E-state index >= 15 is 0 Å². The minimum atomic E-state index is -0.741. The van der Waals surface area contributed by atoms with Crippen molar-refractivity contribution in [1.29, 1.82) is 0 Å². The first kappa shape index (κ1) is 33.9. The Kier molecular flexibility index (Phi) is 26.7.